The van der Waals surface area contributed by atoms with Gasteiger partial charge in [-0.3, -0.25) is 15.2 Å². The molecule has 1 aromatic heterocycles. The third-order valence-corrected chi connectivity index (χ3v) is 3.25. The van der Waals surface area contributed by atoms with Crippen LogP contribution in [0.2, 0.25) is 0 Å². The molecule has 0 aliphatic heterocycles. The summed E-state index contributed by atoms with van der Waals surface area (Å²) in [5.41, 5.74) is 0.434. The molecule has 0 spiro atoms. The van der Waals surface area contributed by atoms with Gasteiger partial charge in [-0.15, -0.1) is 5.10 Å². The molecule has 3 aromatic rings. The van der Waals surface area contributed by atoms with Gasteiger partial charge in [0.25, 0.3) is 5.91 Å². The summed E-state index contributed by atoms with van der Waals surface area (Å²) < 4.78 is 31.5. The van der Waals surface area contributed by atoms with Crippen molar-refractivity contribution >= 4 is 11.9 Å². The van der Waals surface area contributed by atoms with Gasteiger partial charge < -0.3 is 4.74 Å². The lowest BCUT2D eigenvalue weighted by atomic mass is 10.2. The molecule has 0 bridgehead atoms. The number of hydrogen-bond donors (Lipinski definition) is 2. The highest BCUT2D eigenvalue weighted by atomic mass is 19.1. The van der Waals surface area contributed by atoms with Crippen LogP contribution in [0.5, 0.6) is 5.75 Å². The van der Waals surface area contributed by atoms with Crippen molar-refractivity contribution in [2.45, 2.75) is 0 Å². The molecule has 0 unspecified atom stereocenters. The minimum Gasteiger partial charge on any atom is -0.497 e. The molecular formula is C16H12F2N4O2. The monoisotopic (exact) mass is 330 g/mol. The molecular weight excluding hydrogens is 318 g/mol. The fraction of sp³-hybridized carbons (Fsp3) is 0.0625. The maximum atomic E-state index is 13.6. The number of H-pyrrole nitrogens is 1. The van der Waals surface area contributed by atoms with E-state index in [1.165, 1.54) is 0 Å². The summed E-state index contributed by atoms with van der Waals surface area (Å²) in [6, 6.07) is 9.73. The lowest BCUT2D eigenvalue weighted by Crippen LogP contribution is -2.14. The third kappa shape index (κ3) is 3.22. The van der Waals surface area contributed by atoms with E-state index < -0.39 is 17.5 Å². The Bertz CT molecular complexity index is 878. The van der Waals surface area contributed by atoms with E-state index in [1.807, 2.05) is 0 Å². The van der Waals surface area contributed by atoms with Gasteiger partial charge in [-0.25, -0.2) is 8.78 Å². The van der Waals surface area contributed by atoms with Crippen molar-refractivity contribution in [2.75, 3.05) is 12.4 Å². The van der Waals surface area contributed by atoms with Gasteiger partial charge in [0.1, 0.15) is 17.4 Å². The second kappa shape index (κ2) is 6.45. The summed E-state index contributed by atoms with van der Waals surface area (Å²) in [4.78, 5) is 16.1. The number of carbonyl (C=O) groups excluding carboxylic acids is 1. The van der Waals surface area contributed by atoms with Crippen molar-refractivity contribution in [3.63, 3.8) is 0 Å². The molecule has 24 heavy (non-hydrogen) atoms. The highest BCUT2D eigenvalue weighted by molar-refractivity contribution is 6.03. The molecule has 1 amide bonds. The highest BCUT2D eigenvalue weighted by Gasteiger charge is 2.15. The number of methoxy groups -OCH3 is 1. The van der Waals surface area contributed by atoms with E-state index in [0.717, 1.165) is 17.7 Å². The van der Waals surface area contributed by atoms with Gasteiger partial charge in [0.15, 0.2) is 5.82 Å². The van der Waals surface area contributed by atoms with E-state index in [9.17, 15) is 13.6 Å². The van der Waals surface area contributed by atoms with E-state index in [4.69, 9.17) is 4.74 Å². The number of amides is 1. The molecule has 0 aliphatic carbocycles. The predicted molar refractivity (Wildman–Crippen MR) is 82.7 cm³/mol. The number of halogens is 2. The quantitative estimate of drug-likeness (QED) is 0.771. The third-order valence-electron chi connectivity index (χ3n) is 3.25. The number of aromatic nitrogens is 3. The maximum Gasteiger partial charge on any atom is 0.261 e. The number of ether oxygens (including phenoxy) is 1. The number of hydrogen-bond acceptors (Lipinski definition) is 4. The second-order valence-corrected chi connectivity index (χ2v) is 4.81. The minimum absolute atomic E-state index is 0.0189. The molecule has 0 radical (unpaired) electrons. The van der Waals surface area contributed by atoms with Crippen LogP contribution >= 0.6 is 0 Å². The van der Waals surface area contributed by atoms with Crippen molar-refractivity contribution in [1.29, 1.82) is 0 Å². The summed E-state index contributed by atoms with van der Waals surface area (Å²) in [5.74, 6) is -1.39. The average molecular weight is 330 g/mol. The molecule has 0 fully saturated rings. The Labute approximate surface area is 135 Å². The Balaban J connectivity index is 1.76. The molecule has 3 rings (SSSR count). The summed E-state index contributed by atoms with van der Waals surface area (Å²) in [5, 5.41) is 8.87. The SMILES string of the molecule is COc1ccc(-c2nc(NC(=O)c3ccc(F)cc3F)n[nH]2)cc1. The van der Waals surface area contributed by atoms with E-state index >= 15 is 0 Å². The zero-order chi connectivity index (χ0) is 17.1. The van der Waals surface area contributed by atoms with E-state index in [-0.39, 0.29) is 11.5 Å². The Kier molecular flexibility index (Phi) is 4.19. The number of anilines is 1. The number of nitrogens with zero attached hydrogens (tertiary/aromatic N) is 2. The fourth-order valence-corrected chi connectivity index (χ4v) is 2.04. The lowest BCUT2D eigenvalue weighted by molar-refractivity contribution is 0.102. The summed E-state index contributed by atoms with van der Waals surface area (Å²) in [6.45, 7) is 0. The molecule has 2 N–H and O–H groups in total. The van der Waals surface area contributed by atoms with E-state index in [0.29, 0.717) is 17.6 Å². The average Bonchev–Trinajstić information content (AvgIpc) is 3.03. The van der Waals surface area contributed by atoms with Gasteiger partial charge in [0.05, 0.1) is 12.7 Å². The summed E-state index contributed by atoms with van der Waals surface area (Å²) in [7, 11) is 1.56. The standard InChI is InChI=1S/C16H12F2N4O2/c1-24-11-5-2-9(3-6-11)14-19-16(22-21-14)20-15(23)12-7-4-10(17)8-13(12)18/h2-8H,1H3,(H2,19,20,21,22,23). The fourth-order valence-electron chi connectivity index (χ4n) is 2.04. The van der Waals surface area contributed by atoms with Crippen LogP contribution in [-0.4, -0.2) is 28.2 Å². The van der Waals surface area contributed by atoms with E-state index in [1.54, 1.807) is 31.4 Å². The highest BCUT2D eigenvalue weighted by Crippen LogP contribution is 2.20. The first-order chi connectivity index (χ1) is 11.6. The van der Waals surface area contributed by atoms with Gasteiger partial charge >= 0.3 is 0 Å². The topological polar surface area (TPSA) is 79.9 Å². The molecule has 6 nitrogen and oxygen atoms in total. The molecule has 2 aromatic carbocycles. The van der Waals surface area contributed by atoms with Gasteiger partial charge in [0.2, 0.25) is 5.95 Å². The molecule has 8 heteroatoms. The van der Waals surface area contributed by atoms with Crippen LogP contribution in [0.15, 0.2) is 42.5 Å². The van der Waals surface area contributed by atoms with Crippen molar-refractivity contribution in [2.24, 2.45) is 0 Å². The second-order valence-electron chi connectivity index (χ2n) is 4.81. The summed E-state index contributed by atoms with van der Waals surface area (Å²) >= 11 is 0. The zero-order valence-corrected chi connectivity index (χ0v) is 12.5. The van der Waals surface area contributed by atoms with Crippen molar-refractivity contribution in [3.05, 3.63) is 59.7 Å². The summed E-state index contributed by atoms with van der Waals surface area (Å²) in [6.07, 6.45) is 0. The number of benzene rings is 2. The predicted octanol–water partition coefficient (Wildman–Crippen LogP) is 3.01. The Morgan fingerprint density at radius 3 is 2.58 bits per heavy atom. The smallest absolute Gasteiger partial charge is 0.261 e. The first-order valence-corrected chi connectivity index (χ1v) is 6.90. The zero-order valence-electron chi connectivity index (χ0n) is 12.5. The van der Waals surface area contributed by atoms with E-state index in [2.05, 4.69) is 20.5 Å². The van der Waals surface area contributed by atoms with Crippen LogP contribution in [0.4, 0.5) is 14.7 Å². The first kappa shape index (κ1) is 15.6. The van der Waals surface area contributed by atoms with Gasteiger partial charge in [0, 0.05) is 11.6 Å². The maximum absolute atomic E-state index is 13.6. The minimum atomic E-state index is -0.960. The molecule has 1 heterocycles. The van der Waals surface area contributed by atoms with Crippen LogP contribution in [0, 0.1) is 11.6 Å². The van der Waals surface area contributed by atoms with Crippen LogP contribution in [0.1, 0.15) is 10.4 Å². The number of aromatic amines is 1. The van der Waals surface area contributed by atoms with Gasteiger partial charge in [-0.05, 0) is 36.4 Å². The molecule has 0 aliphatic rings. The molecule has 122 valence electrons. The lowest BCUT2D eigenvalue weighted by Gasteiger charge is -2.02. The Morgan fingerprint density at radius 2 is 1.92 bits per heavy atom. The molecule has 0 saturated heterocycles. The van der Waals surface area contributed by atoms with Gasteiger partial charge in [-0.1, -0.05) is 0 Å². The van der Waals surface area contributed by atoms with Crippen LogP contribution in [0.3, 0.4) is 0 Å². The van der Waals surface area contributed by atoms with Crippen LogP contribution in [0.25, 0.3) is 11.4 Å². The van der Waals surface area contributed by atoms with Gasteiger partial charge in [-0.2, -0.15) is 4.98 Å². The normalized spacial score (nSPS) is 10.5. The molecule has 0 atom stereocenters. The Hall–Kier alpha value is -3.29. The van der Waals surface area contributed by atoms with Crippen molar-refractivity contribution in [1.82, 2.24) is 15.2 Å². The first-order valence-electron chi connectivity index (χ1n) is 6.90. The van der Waals surface area contributed by atoms with Crippen molar-refractivity contribution < 1.29 is 18.3 Å². The van der Waals surface area contributed by atoms with Crippen molar-refractivity contribution in [3.8, 4) is 17.1 Å². The van der Waals surface area contributed by atoms with Crippen LogP contribution in [-0.2, 0) is 0 Å². The number of carbonyl (C=O) groups is 1. The Morgan fingerprint density at radius 1 is 1.17 bits per heavy atom. The largest absolute Gasteiger partial charge is 0.497 e. The molecule has 0 saturated carbocycles. The number of nitrogens with one attached hydrogen (secondary N) is 2. The number of rotatable bonds is 4. The van der Waals surface area contributed by atoms with Crippen LogP contribution < -0.4 is 10.1 Å².